The molecule has 6 nitrogen and oxygen atoms in total. The van der Waals surface area contributed by atoms with E-state index < -0.39 is 29.9 Å². The molecule has 4 rings (SSSR count). The first-order valence-corrected chi connectivity index (χ1v) is 10.9. The summed E-state index contributed by atoms with van der Waals surface area (Å²) in [5, 5.41) is 10.1. The first-order chi connectivity index (χ1) is 16.6. The SMILES string of the molecule is COc1ccc(-n2cc(Br)c3cc(CO)cc(OC(=O)c4ccc(C(F)(F)F)cc4)c3c2=O)cc1. The number of alkyl halides is 3. The van der Waals surface area contributed by atoms with E-state index in [1.807, 2.05) is 0 Å². The zero-order valence-electron chi connectivity index (χ0n) is 18.1. The molecule has 1 N–H and O–H groups in total. The highest BCUT2D eigenvalue weighted by Crippen LogP contribution is 2.33. The molecule has 0 saturated carbocycles. The van der Waals surface area contributed by atoms with Crippen LogP contribution < -0.4 is 15.0 Å². The van der Waals surface area contributed by atoms with Crippen LogP contribution in [0.3, 0.4) is 0 Å². The highest BCUT2D eigenvalue weighted by Gasteiger charge is 2.30. The number of benzene rings is 3. The molecule has 0 aliphatic rings. The lowest BCUT2D eigenvalue weighted by molar-refractivity contribution is -0.137. The van der Waals surface area contributed by atoms with E-state index >= 15 is 0 Å². The van der Waals surface area contributed by atoms with Crippen molar-refractivity contribution in [3.05, 3.63) is 98.4 Å². The molecular formula is C25H17BrF3NO5. The monoisotopic (exact) mass is 547 g/mol. The highest BCUT2D eigenvalue weighted by atomic mass is 79.9. The maximum atomic E-state index is 13.5. The minimum absolute atomic E-state index is 0.0488. The summed E-state index contributed by atoms with van der Waals surface area (Å²) in [5.41, 5.74) is -0.660. The molecule has 0 saturated heterocycles. The van der Waals surface area contributed by atoms with Gasteiger partial charge in [-0.15, -0.1) is 0 Å². The van der Waals surface area contributed by atoms with Gasteiger partial charge in [0.05, 0.1) is 30.2 Å². The fourth-order valence-corrected chi connectivity index (χ4v) is 4.02. The average Bonchev–Trinajstić information content (AvgIpc) is 2.85. The lowest BCUT2D eigenvalue weighted by Gasteiger charge is -2.14. The van der Waals surface area contributed by atoms with Crippen molar-refractivity contribution >= 4 is 32.7 Å². The molecule has 0 aliphatic heterocycles. The summed E-state index contributed by atoms with van der Waals surface area (Å²) in [7, 11) is 1.52. The number of pyridine rings is 1. The van der Waals surface area contributed by atoms with Crippen molar-refractivity contribution in [2.45, 2.75) is 12.8 Å². The van der Waals surface area contributed by atoms with E-state index in [9.17, 15) is 27.9 Å². The Morgan fingerprint density at radius 3 is 2.29 bits per heavy atom. The van der Waals surface area contributed by atoms with Crippen LogP contribution in [0.1, 0.15) is 21.5 Å². The van der Waals surface area contributed by atoms with E-state index in [0.29, 0.717) is 26.9 Å². The summed E-state index contributed by atoms with van der Waals surface area (Å²) >= 11 is 3.43. The van der Waals surface area contributed by atoms with E-state index in [0.717, 1.165) is 24.3 Å². The van der Waals surface area contributed by atoms with Crippen LogP contribution in [0.25, 0.3) is 16.5 Å². The number of ether oxygens (including phenoxy) is 2. The molecule has 0 fully saturated rings. The number of fused-ring (bicyclic) bond motifs is 1. The number of carbonyl (C=O) groups excluding carboxylic acids is 1. The lowest BCUT2D eigenvalue weighted by Crippen LogP contribution is -2.20. The summed E-state index contributed by atoms with van der Waals surface area (Å²) < 4.78 is 51.0. The molecule has 1 heterocycles. The van der Waals surface area contributed by atoms with Gasteiger partial charge in [-0.25, -0.2) is 4.79 Å². The number of rotatable bonds is 5. The molecule has 0 spiro atoms. The summed E-state index contributed by atoms with van der Waals surface area (Å²) in [6.07, 6.45) is -3.00. The van der Waals surface area contributed by atoms with Gasteiger partial charge in [-0.1, -0.05) is 0 Å². The zero-order chi connectivity index (χ0) is 25.3. The second-order valence-electron chi connectivity index (χ2n) is 7.49. The predicted molar refractivity (Wildman–Crippen MR) is 126 cm³/mol. The molecule has 0 bridgehead atoms. The van der Waals surface area contributed by atoms with Crippen molar-refractivity contribution in [2.75, 3.05) is 7.11 Å². The Morgan fingerprint density at radius 2 is 1.71 bits per heavy atom. The third-order valence-electron chi connectivity index (χ3n) is 5.28. The van der Waals surface area contributed by atoms with Gasteiger partial charge >= 0.3 is 12.1 Å². The van der Waals surface area contributed by atoms with Crippen LogP contribution in [-0.2, 0) is 12.8 Å². The second-order valence-corrected chi connectivity index (χ2v) is 8.34. The molecule has 0 radical (unpaired) electrons. The van der Waals surface area contributed by atoms with Crippen molar-refractivity contribution in [1.29, 1.82) is 0 Å². The molecule has 4 aromatic rings. The quantitative estimate of drug-likeness (QED) is 0.264. The van der Waals surface area contributed by atoms with E-state index in [1.54, 1.807) is 36.5 Å². The van der Waals surface area contributed by atoms with Crippen molar-refractivity contribution < 1.29 is 32.5 Å². The molecule has 0 aliphatic carbocycles. The van der Waals surface area contributed by atoms with Gasteiger partial charge < -0.3 is 14.6 Å². The number of nitrogens with zero attached hydrogens (tertiary/aromatic N) is 1. The smallest absolute Gasteiger partial charge is 0.416 e. The summed E-state index contributed by atoms with van der Waals surface area (Å²) in [4.78, 5) is 26.2. The molecule has 10 heteroatoms. The van der Waals surface area contributed by atoms with Gasteiger partial charge in [0.25, 0.3) is 5.56 Å². The van der Waals surface area contributed by atoms with Gasteiger partial charge in [-0.2, -0.15) is 13.2 Å². The number of halogens is 4. The molecule has 1 aromatic heterocycles. The van der Waals surface area contributed by atoms with Gasteiger partial charge in [-0.05, 0) is 82.2 Å². The third-order valence-corrected chi connectivity index (χ3v) is 5.91. The minimum Gasteiger partial charge on any atom is -0.497 e. The van der Waals surface area contributed by atoms with Gasteiger partial charge in [0, 0.05) is 21.7 Å². The number of aromatic nitrogens is 1. The van der Waals surface area contributed by atoms with Crippen LogP contribution >= 0.6 is 15.9 Å². The Balaban J connectivity index is 1.82. The van der Waals surface area contributed by atoms with E-state index in [4.69, 9.17) is 9.47 Å². The van der Waals surface area contributed by atoms with Crippen LogP contribution in [0.2, 0.25) is 0 Å². The van der Waals surface area contributed by atoms with Gasteiger partial charge in [0.2, 0.25) is 0 Å². The summed E-state index contributed by atoms with van der Waals surface area (Å²) in [5.74, 6) is -0.490. The van der Waals surface area contributed by atoms with Crippen LogP contribution in [0, 0.1) is 0 Å². The van der Waals surface area contributed by atoms with Gasteiger partial charge in [0.1, 0.15) is 11.5 Å². The Morgan fingerprint density at radius 1 is 1.06 bits per heavy atom. The molecule has 0 atom stereocenters. The Bertz CT molecular complexity index is 1460. The average molecular weight is 548 g/mol. The number of carbonyl (C=O) groups is 1. The molecule has 3 aromatic carbocycles. The highest BCUT2D eigenvalue weighted by molar-refractivity contribution is 9.10. The number of aliphatic hydroxyl groups excluding tert-OH is 1. The third kappa shape index (κ3) is 4.94. The minimum atomic E-state index is -4.55. The Hall–Kier alpha value is -3.63. The normalized spacial score (nSPS) is 11.5. The largest absolute Gasteiger partial charge is 0.497 e. The topological polar surface area (TPSA) is 77.8 Å². The lowest BCUT2D eigenvalue weighted by atomic mass is 10.1. The van der Waals surface area contributed by atoms with Crippen molar-refractivity contribution in [3.8, 4) is 17.2 Å². The standard InChI is InChI=1S/C25H17BrF3NO5/c1-34-18-8-6-17(7-9-18)30-12-20(26)19-10-14(13-31)11-21(22(19)23(30)32)35-24(33)15-2-4-16(5-3-15)25(27,28)29/h2-12,31H,13H2,1H3. The molecule has 180 valence electrons. The van der Waals surface area contributed by atoms with Crippen molar-refractivity contribution in [3.63, 3.8) is 0 Å². The molecule has 0 unspecified atom stereocenters. The number of hydrogen-bond donors (Lipinski definition) is 1. The number of esters is 1. The number of hydrogen-bond acceptors (Lipinski definition) is 5. The number of aliphatic hydroxyl groups is 1. The van der Waals surface area contributed by atoms with Crippen LogP contribution in [0.5, 0.6) is 11.5 Å². The first kappa shape index (κ1) is 24.5. The first-order valence-electron chi connectivity index (χ1n) is 10.1. The summed E-state index contributed by atoms with van der Waals surface area (Å²) in [6, 6.07) is 13.2. The van der Waals surface area contributed by atoms with Gasteiger partial charge in [-0.3, -0.25) is 9.36 Å². The van der Waals surface area contributed by atoms with Gasteiger partial charge in [0.15, 0.2) is 0 Å². The number of methoxy groups -OCH3 is 1. The van der Waals surface area contributed by atoms with Crippen LogP contribution in [0.4, 0.5) is 13.2 Å². The Labute approximate surface area is 205 Å². The second kappa shape index (κ2) is 9.55. The van der Waals surface area contributed by atoms with Crippen molar-refractivity contribution in [1.82, 2.24) is 4.57 Å². The molecular weight excluding hydrogens is 531 g/mol. The fraction of sp³-hybridized carbons (Fsp3) is 0.120. The molecule has 0 amide bonds. The van der Waals surface area contributed by atoms with Crippen LogP contribution in [0.15, 0.2) is 76.1 Å². The van der Waals surface area contributed by atoms with E-state index in [1.165, 1.54) is 17.7 Å². The van der Waals surface area contributed by atoms with Crippen molar-refractivity contribution in [2.24, 2.45) is 0 Å². The zero-order valence-corrected chi connectivity index (χ0v) is 19.7. The predicted octanol–water partition coefficient (Wildman–Crippen LogP) is 5.49. The summed E-state index contributed by atoms with van der Waals surface area (Å²) in [6.45, 7) is -0.394. The van der Waals surface area contributed by atoms with E-state index in [2.05, 4.69) is 15.9 Å². The van der Waals surface area contributed by atoms with Crippen LogP contribution in [-0.4, -0.2) is 22.8 Å². The van der Waals surface area contributed by atoms with E-state index in [-0.39, 0.29) is 16.7 Å². The fourth-order valence-electron chi connectivity index (χ4n) is 3.50. The maximum absolute atomic E-state index is 13.5. The Kier molecular flexibility index (Phi) is 6.68. The maximum Gasteiger partial charge on any atom is 0.416 e. The molecule has 35 heavy (non-hydrogen) atoms.